The highest BCUT2D eigenvalue weighted by Gasteiger charge is 2.41. The lowest BCUT2D eigenvalue weighted by molar-refractivity contribution is -0.147. The summed E-state index contributed by atoms with van der Waals surface area (Å²) >= 11 is 0. The Balaban J connectivity index is 2.21. The van der Waals surface area contributed by atoms with Crippen LogP contribution in [-0.4, -0.2) is 51.6 Å². The van der Waals surface area contributed by atoms with Crippen LogP contribution in [-0.2, 0) is 15.7 Å². The largest absolute Gasteiger partial charge is 0.480 e. The second kappa shape index (κ2) is 8.67. The van der Waals surface area contributed by atoms with Crippen molar-refractivity contribution in [2.75, 3.05) is 13.7 Å². The van der Waals surface area contributed by atoms with Gasteiger partial charge in [0.25, 0.3) is 5.91 Å². The number of halogens is 3. The average Bonchev–Trinajstić information content (AvgIpc) is 3.06. The molecular formula is C16H18F3N5O4. The molecule has 1 N–H and O–H groups in total. The van der Waals surface area contributed by atoms with Crippen molar-refractivity contribution in [1.82, 2.24) is 25.3 Å². The van der Waals surface area contributed by atoms with Crippen LogP contribution < -0.4 is 10.1 Å². The summed E-state index contributed by atoms with van der Waals surface area (Å²) in [6, 6.07) is 2.53. The van der Waals surface area contributed by atoms with E-state index in [1.165, 1.54) is 19.2 Å². The first-order chi connectivity index (χ1) is 13.1. The third-order valence-electron chi connectivity index (χ3n) is 3.32. The summed E-state index contributed by atoms with van der Waals surface area (Å²) in [7, 11) is 1.33. The number of hydrogen-bond acceptors (Lipinski definition) is 7. The monoisotopic (exact) mass is 401 g/mol. The predicted molar refractivity (Wildman–Crippen MR) is 88.9 cm³/mol. The summed E-state index contributed by atoms with van der Waals surface area (Å²) in [4.78, 5) is 23.6. The minimum Gasteiger partial charge on any atom is -0.480 e. The minimum atomic E-state index is -4.89. The fourth-order valence-corrected chi connectivity index (χ4v) is 2.19. The third kappa shape index (κ3) is 5.18. The van der Waals surface area contributed by atoms with Crippen molar-refractivity contribution in [3.63, 3.8) is 0 Å². The number of carbonyl (C=O) groups excluding carboxylic acids is 2. The molecule has 2 aromatic heterocycles. The van der Waals surface area contributed by atoms with E-state index in [9.17, 15) is 22.8 Å². The van der Waals surface area contributed by atoms with E-state index in [0.29, 0.717) is 4.68 Å². The quantitative estimate of drug-likeness (QED) is 0.704. The van der Waals surface area contributed by atoms with Crippen LogP contribution in [0.15, 0.2) is 18.3 Å². The standard InChI is InChI=1S/C16H18F3N5O4/c1-9(2)28-13(25)6-7-20-15(26)10-8-21-24(14(10)16(17,18)19)11-4-5-12(27-3)23-22-11/h4-5,8-9H,6-7H2,1-3H3,(H,20,26). The van der Waals surface area contributed by atoms with Crippen LogP contribution in [0, 0.1) is 0 Å². The van der Waals surface area contributed by atoms with Crippen molar-refractivity contribution in [3.8, 4) is 11.7 Å². The maximum Gasteiger partial charge on any atom is 0.434 e. The van der Waals surface area contributed by atoms with Crippen LogP contribution in [0.5, 0.6) is 5.88 Å². The molecule has 0 aliphatic heterocycles. The molecule has 12 heteroatoms. The number of hydrogen-bond donors (Lipinski definition) is 1. The van der Waals surface area contributed by atoms with E-state index in [0.717, 1.165) is 6.20 Å². The molecule has 9 nitrogen and oxygen atoms in total. The second-order valence-corrected chi connectivity index (χ2v) is 5.79. The fraction of sp³-hybridized carbons (Fsp3) is 0.438. The SMILES string of the molecule is COc1ccc(-n2ncc(C(=O)NCCC(=O)OC(C)C)c2C(F)(F)F)nn1. The van der Waals surface area contributed by atoms with Crippen LogP contribution in [0.4, 0.5) is 13.2 Å². The van der Waals surface area contributed by atoms with Gasteiger partial charge >= 0.3 is 12.1 Å². The summed E-state index contributed by atoms with van der Waals surface area (Å²) in [6.45, 7) is 3.13. The molecule has 0 radical (unpaired) electrons. The van der Waals surface area contributed by atoms with Crippen molar-refractivity contribution in [1.29, 1.82) is 0 Å². The molecule has 152 valence electrons. The number of methoxy groups -OCH3 is 1. The van der Waals surface area contributed by atoms with E-state index in [4.69, 9.17) is 9.47 Å². The van der Waals surface area contributed by atoms with Gasteiger partial charge in [-0.3, -0.25) is 9.59 Å². The van der Waals surface area contributed by atoms with Crippen LogP contribution in [0.25, 0.3) is 5.82 Å². The molecule has 0 spiro atoms. The van der Waals surface area contributed by atoms with Crippen molar-refractivity contribution in [3.05, 3.63) is 29.6 Å². The number of alkyl halides is 3. The van der Waals surface area contributed by atoms with E-state index in [1.807, 2.05) is 0 Å². The molecule has 1 amide bonds. The van der Waals surface area contributed by atoms with Crippen molar-refractivity contribution in [2.45, 2.75) is 32.5 Å². The van der Waals surface area contributed by atoms with Crippen LogP contribution in [0.2, 0.25) is 0 Å². The van der Waals surface area contributed by atoms with Gasteiger partial charge in [0.2, 0.25) is 5.88 Å². The Bertz CT molecular complexity index is 834. The summed E-state index contributed by atoms with van der Waals surface area (Å²) in [6.07, 6.45) is -4.62. The number of ether oxygens (including phenoxy) is 2. The van der Waals surface area contributed by atoms with Gasteiger partial charge in [-0.05, 0) is 19.9 Å². The Morgan fingerprint density at radius 3 is 2.50 bits per heavy atom. The molecule has 0 bridgehead atoms. The van der Waals surface area contributed by atoms with E-state index >= 15 is 0 Å². The normalized spacial score (nSPS) is 11.4. The summed E-state index contributed by atoms with van der Waals surface area (Å²) < 4.78 is 50.8. The van der Waals surface area contributed by atoms with Gasteiger partial charge in [-0.25, -0.2) is 4.68 Å². The zero-order valence-electron chi connectivity index (χ0n) is 15.3. The topological polar surface area (TPSA) is 108 Å². The first-order valence-corrected chi connectivity index (χ1v) is 8.14. The molecule has 2 aromatic rings. The Kier molecular flexibility index (Phi) is 6.54. The number of aromatic nitrogens is 4. The highest BCUT2D eigenvalue weighted by Crippen LogP contribution is 2.33. The number of nitrogens with zero attached hydrogens (tertiary/aromatic N) is 4. The Labute approximate surface area is 157 Å². The molecule has 0 saturated carbocycles. The first-order valence-electron chi connectivity index (χ1n) is 8.14. The van der Waals surface area contributed by atoms with Gasteiger partial charge in [-0.2, -0.15) is 18.3 Å². The van der Waals surface area contributed by atoms with Crippen molar-refractivity contribution in [2.24, 2.45) is 0 Å². The van der Waals surface area contributed by atoms with E-state index < -0.39 is 29.3 Å². The lowest BCUT2D eigenvalue weighted by Crippen LogP contribution is -2.29. The minimum absolute atomic E-state index is 0.107. The van der Waals surface area contributed by atoms with Crippen LogP contribution in [0.3, 0.4) is 0 Å². The van der Waals surface area contributed by atoms with E-state index in [1.54, 1.807) is 13.8 Å². The predicted octanol–water partition coefficient (Wildman–Crippen LogP) is 1.76. The van der Waals surface area contributed by atoms with Gasteiger partial charge in [0, 0.05) is 12.6 Å². The van der Waals surface area contributed by atoms with Gasteiger partial charge < -0.3 is 14.8 Å². The van der Waals surface area contributed by atoms with Gasteiger partial charge in [-0.1, -0.05) is 0 Å². The molecule has 28 heavy (non-hydrogen) atoms. The van der Waals surface area contributed by atoms with Gasteiger partial charge in [0.1, 0.15) is 0 Å². The fourth-order valence-electron chi connectivity index (χ4n) is 2.19. The molecule has 0 saturated heterocycles. The van der Waals surface area contributed by atoms with Crippen LogP contribution in [0.1, 0.15) is 36.3 Å². The second-order valence-electron chi connectivity index (χ2n) is 5.79. The average molecular weight is 401 g/mol. The van der Waals surface area contributed by atoms with Gasteiger partial charge in [0.05, 0.1) is 31.4 Å². The molecule has 0 aromatic carbocycles. The molecular weight excluding hydrogens is 383 g/mol. The highest BCUT2D eigenvalue weighted by molar-refractivity contribution is 5.95. The maximum atomic E-state index is 13.5. The van der Waals surface area contributed by atoms with Gasteiger partial charge in [-0.15, -0.1) is 10.2 Å². The van der Waals surface area contributed by atoms with E-state index in [2.05, 4.69) is 20.6 Å². The lowest BCUT2D eigenvalue weighted by atomic mass is 10.2. The number of nitrogens with one attached hydrogen (secondary N) is 1. The van der Waals surface area contributed by atoms with E-state index in [-0.39, 0.29) is 30.8 Å². The molecule has 0 unspecified atom stereocenters. The zero-order chi connectivity index (χ0) is 20.9. The third-order valence-corrected chi connectivity index (χ3v) is 3.32. The molecule has 2 rings (SSSR count). The Morgan fingerprint density at radius 1 is 1.25 bits per heavy atom. The molecule has 0 atom stereocenters. The Morgan fingerprint density at radius 2 is 1.96 bits per heavy atom. The number of rotatable bonds is 7. The lowest BCUT2D eigenvalue weighted by Gasteiger charge is -2.12. The molecule has 0 aliphatic carbocycles. The number of esters is 1. The summed E-state index contributed by atoms with van der Waals surface area (Å²) in [5, 5.41) is 13.1. The Hall–Kier alpha value is -3.18. The highest BCUT2D eigenvalue weighted by atomic mass is 19.4. The smallest absolute Gasteiger partial charge is 0.434 e. The molecule has 0 fully saturated rings. The molecule has 0 aliphatic rings. The van der Waals surface area contributed by atoms with Gasteiger partial charge in [0.15, 0.2) is 11.5 Å². The number of amides is 1. The summed E-state index contributed by atoms with van der Waals surface area (Å²) in [5.74, 6) is -1.74. The van der Waals surface area contributed by atoms with Crippen molar-refractivity contribution >= 4 is 11.9 Å². The molecule has 2 heterocycles. The van der Waals surface area contributed by atoms with Crippen LogP contribution >= 0.6 is 0 Å². The maximum absolute atomic E-state index is 13.5. The summed E-state index contributed by atoms with van der Waals surface area (Å²) in [5.41, 5.74) is -2.02. The van der Waals surface area contributed by atoms with Crippen molar-refractivity contribution < 1.29 is 32.2 Å². The number of carbonyl (C=O) groups is 2. The zero-order valence-corrected chi connectivity index (χ0v) is 15.3. The first kappa shape index (κ1) is 21.1.